The summed E-state index contributed by atoms with van der Waals surface area (Å²) in [5.41, 5.74) is 0.439. The lowest BCUT2D eigenvalue weighted by Crippen LogP contribution is -2.25. The Labute approximate surface area is 128 Å². The molecule has 0 fully saturated rings. The Morgan fingerprint density at radius 1 is 1.27 bits per heavy atom. The standard InChI is InChI=1S/C15H18N4O3/c1-10-17-11(2)19(18-10)8-4-7-16-14(20)12-5-3-6-13(9-12)15(21)22/h3,5-6,9H,4,7-8H2,1-2H3,(H,16,20)(H,21,22). The van der Waals surface area contributed by atoms with E-state index in [-0.39, 0.29) is 11.5 Å². The minimum absolute atomic E-state index is 0.0985. The van der Waals surface area contributed by atoms with Gasteiger partial charge in [0.05, 0.1) is 5.56 Å². The summed E-state index contributed by atoms with van der Waals surface area (Å²) in [6.45, 7) is 4.87. The molecule has 0 aliphatic rings. The number of rotatable bonds is 6. The normalized spacial score (nSPS) is 10.5. The van der Waals surface area contributed by atoms with Gasteiger partial charge in [0.1, 0.15) is 11.6 Å². The molecule has 0 spiro atoms. The first kappa shape index (κ1) is 15.7. The lowest BCUT2D eigenvalue weighted by molar-refractivity contribution is 0.0697. The van der Waals surface area contributed by atoms with E-state index in [4.69, 9.17) is 5.11 Å². The maximum absolute atomic E-state index is 12.0. The Morgan fingerprint density at radius 3 is 2.64 bits per heavy atom. The second kappa shape index (κ2) is 6.84. The lowest BCUT2D eigenvalue weighted by Gasteiger charge is -2.06. The van der Waals surface area contributed by atoms with Crippen LogP contribution in [0.15, 0.2) is 24.3 Å². The molecular formula is C15H18N4O3. The highest BCUT2D eigenvalue weighted by Crippen LogP contribution is 2.05. The summed E-state index contributed by atoms with van der Waals surface area (Å²) in [5.74, 6) is 0.242. The van der Waals surface area contributed by atoms with Crippen molar-refractivity contribution in [1.29, 1.82) is 0 Å². The van der Waals surface area contributed by atoms with Crippen molar-refractivity contribution in [3.8, 4) is 0 Å². The largest absolute Gasteiger partial charge is 0.478 e. The zero-order chi connectivity index (χ0) is 16.1. The number of carbonyl (C=O) groups excluding carboxylic acids is 1. The first-order chi connectivity index (χ1) is 10.5. The van der Waals surface area contributed by atoms with Crippen molar-refractivity contribution in [2.75, 3.05) is 6.54 Å². The van der Waals surface area contributed by atoms with Crippen molar-refractivity contribution >= 4 is 11.9 Å². The molecule has 0 aliphatic carbocycles. The van der Waals surface area contributed by atoms with E-state index in [9.17, 15) is 9.59 Å². The highest BCUT2D eigenvalue weighted by Gasteiger charge is 2.09. The molecule has 0 radical (unpaired) electrons. The quantitative estimate of drug-likeness (QED) is 0.786. The lowest BCUT2D eigenvalue weighted by atomic mass is 10.1. The molecule has 0 saturated carbocycles. The molecule has 7 heteroatoms. The fourth-order valence-electron chi connectivity index (χ4n) is 2.10. The van der Waals surface area contributed by atoms with Crippen LogP contribution >= 0.6 is 0 Å². The zero-order valence-corrected chi connectivity index (χ0v) is 12.5. The Kier molecular flexibility index (Phi) is 4.88. The first-order valence-electron chi connectivity index (χ1n) is 6.97. The van der Waals surface area contributed by atoms with E-state index in [1.807, 2.05) is 13.8 Å². The van der Waals surface area contributed by atoms with Crippen LogP contribution in [0.3, 0.4) is 0 Å². The zero-order valence-electron chi connectivity index (χ0n) is 12.5. The van der Waals surface area contributed by atoms with E-state index in [0.29, 0.717) is 25.1 Å². The summed E-state index contributed by atoms with van der Waals surface area (Å²) in [4.78, 5) is 27.1. The number of aromatic carboxylic acids is 1. The predicted octanol–water partition coefficient (Wildman–Crippen LogP) is 1.41. The summed E-state index contributed by atoms with van der Waals surface area (Å²) < 4.78 is 1.80. The molecule has 2 aromatic rings. The molecule has 0 unspecified atom stereocenters. The van der Waals surface area contributed by atoms with Gasteiger partial charge in [0.2, 0.25) is 0 Å². The topological polar surface area (TPSA) is 97.1 Å². The van der Waals surface area contributed by atoms with Gasteiger partial charge in [-0.1, -0.05) is 6.07 Å². The number of aryl methyl sites for hydroxylation is 3. The van der Waals surface area contributed by atoms with Crippen molar-refractivity contribution in [3.63, 3.8) is 0 Å². The Morgan fingerprint density at radius 2 is 2.00 bits per heavy atom. The summed E-state index contributed by atoms with van der Waals surface area (Å²) in [6.07, 6.45) is 0.716. The van der Waals surface area contributed by atoms with Crippen LogP contribution in [0.4, 0.5) is 0 Å². The van der Waals surface area contributed by atoms with Crippen LogP contribution < -0.4 is 5.32 Å². The minimum Gasteiger partial charge on any atom is -0.478 e. The number of benzene rings is 1. The summed E-state index contributed by atoms with van der Waals surface area (Å²) in [5, 5.41) is 15.9. The Bertz CT molecular complexity index is 694. The molecule has 1 aromatic heterocycles. The number of nitrogens with zero attached hydrogens (tertiary/aromatic N) is 3. The van der Waals surface area contributed by atoms with Gasteiger partial charge in [-0.25, -0.2) is 9.78 Å². The number of nitrogens with one attached hydrogen (secondary N) is 1. The fraction of sp³-hybridized carbons (Fsp3) is 0.333. The maximum atomic E-state index is 12.0. The maximum Gasteiger partial charge on any atom is 0.335 e. The molecule has 1 heterocycles. The average Bonchev–Trinajstić information content (AvgIpc) is 2.81. The van der Waals surface area contributed by atoms with Gasteiger partial charge in [0.25, 0.3) is 5.91 Å². The van der Waals surface area contributed by atoms with Gasteiger partial charge in [-0.05, 0) is 38.5 Å². The van der Waals surface area contributed by atoms with Gasteiger partial charge in [0, 0.05) is 18.7 Å². The Balaban J connectivity index is 1.84. The highest BCUT2D eigenvalue weighted by molar-refractivity contribution is 5.97. The molecule has 0 aliphatic heterocycles. The second-order valence-corrected chi connectivity index (χ2v) is 4.92. The number of amides is 1. The van der Waals surface area contributed by atoms with Crippen LogP contribution in [-0.4, -0.2) is 38.3 Å². The molecule has 0 bridgehead atoms. The van der Waals surface area contributed by atoms with Gasteiger partial charge >= 0.3 is 5.97 Å². The summed E-state index contributed by atoms with van der Waals surface area (Å²) in [7, 11) is 0. The van der Waals surface area contributed by atoms with Crippen LogP contribution in [0.2, 0.25) is 0 Å². The number of hydrogen-bond donors (Lipinski definition) is 2. The van der Waals surface area contributed by atoms with Gasteiger partial charge in [-0.3, -0.25) is 9.48 Å². The molecule has 1 amide bonds. The smallest absolute Gasteiger partial charge is 0.335 e. The van der Waals surface area contributed by atoms with Gasteiger partial charge in [-0.2, -0.15) is 5.10 Å². The van der Waals surface area contributed by atoms with Crippen molar-refractivity contribution in [3.05, 3.63) is 47.0 Å². The van der Waals surface area contributed by atoms with E-state index in [1.165, 1.54) is 12.1 Å². The Hall–Kier alpha value is -2.70. The van der Waals surface area contributed by atoms with E-state index < -0.39 is 5.97 Å². The van der Waals surface area contributed by atoms with E-state index >= 15 is 0 Å². The van der Waals surface area contributed by atoms with Crippen LogP contribution in [0.5, 0.6) is 0 Å². The minimum atomic E-state index is -1.05. The van der Waals surface area contributed by atoms with Gasteiger partial charge in [0.15, 0.2) is 0 Å². The van der Waals surface area contributed by atoms with E-state index in [0.717, 1.165) is 11.6 Å². The molecule has 7 nitrogen and oxygen atoms in total. The van der Waals surface area contributed by atoms with Gasteiger partial charge < -0.3 is 10.4 Å². The molecule has 2 N–H and O–H groups in total. The third kappa shape index (κ3) is 3.91. The van der Waals surface area contributed by atoms with Gasteiger partial charge in [-0.15, -0.1) is 0 Å². The number of carboxylic acid groups (broad SMARTS) is 1. The van der Waals surface area contributed by atoms with Crippen molar-refractivity contribution in [1.82, 2.24) is 20.1 Å². The van der Waals surface area contributed by atoms with Crippen molar-refractivity contribution in [2.45, 2.75) is 26.8 Å². The second-order valence-electron chi connectivity index (χ2n) is 4.92. The summed E-state index contributed by atoms with van der Waals surface area (Å²) >= 11 is 0. The summed E-state index contributed by atoms with van der Waals surface area (Å²) in [6, 6.07) is 5.96. The first-order valence-corrected chi connectivity index (χ1v) is 6.97. The highest BCUT2D eigenvalue weighted by atomic mass is 16.4. The van der Waals surface area contributed by atoms with Crippen LogP contribution in [-0.2, 0) is 6.54 Å². The number of carbonyl (C=O) groups is 2. The fourth-order valence-corrected chi connectivity index (χ4v) is 2.10. The van der Waals surface area contributed by atoms with Crippen LogP contribution in [0, 0.1) is 13.8 Å². The molecule has 116 valence electrons. The monoisotopic (exact) mass is 302 g/mol. The average molecular weight is 302 g/mol. The molecule has 22 heavy (non-hydrogen) atoms. The SMILES string of the molecule is Cc1nc(C)n(CCCNC(=O)c2cccc(C(=O)O)c2)n1. The van der Waals surface area contributed by atoms with E-state index in [1.54, 1.807) is 16.8 Å². The molecule has 2 rings (SSSR count). The van der Waals surface area contributed by atoms with Crippen LogP contribution in [0.1, 0.15) is 38.8 Å². The predicted molar refractivity (Wildman–Crippen MR) is 79.8 cm³/mol. The molecular weight excluding hydrogens is 284 g/mol. The molecule has 0 saturated heterocycles. The molecule has 0 atom stereocenters. The number of hydrogen-bond acceptors (Lipinski definition) is 4. The van der Waals surface area contributed by atoms with Crippen molar-refractivity contribution in [2.24, 2.45) is 0 Å². The third-order valence-corrected chi connectivity index (χ3v) is 3.17. The number of carboxylic acids is 1. The number of aromatic nitrogens is 3. The molecule has 1 aromatic carbocycles. The third-order valence-electron chi connectivity index (χ3n) is 3.17. The van der Waals surface area contributed by atoms with Crippen molar-refractivity contribution < 1.29 is 14.7 Å². The van der Waals surface area contributed by atoms with Crippen LogP contribution in [0.25, 0.3) is 0 Å². The van der Waals surface area contributed by atoms with E-state index in [2.05, 4.69) is 15.4 Å².